The first kappa shape index (κ1) is 20.4. The molecule has 0 fully saturated rings. The minimum atomic E-state index is -0.749. The highest BCUT2D eigenvalue weighted by Gasteiger charge is 2.37. The summed E-state index contributed by atoms with van der Waals surface area (Å²) in [5, 5.41) is 5.80. The lowest BCUT2D eigenvalue weighted by Gasteiger charge is -2.27. The molecule has 0 saturated heterocycles. The standard InChI is InChI=1S/C27H20N4O2S/c32-26(30-22-14-29-34-16-22)25(17-4-2-1-3-5-17)31-15-21-7-6-19(13-23(21)27(31)33)18-8-9-24-20(12-18)10-11-28-24/h1-14,16,25,28H,15H2,(H,30,32). The van der Waals surface area contributed by atoms with Gasteiger partial charge in [0.1, 0.15) is 6.04 Å². The Morgan fingerprint density at radius 2 is 1.85 bits per heavy atom. The maximum Gasteiger partial charge on any atom is 0.255 e. The first-order valence-corrected chi connectivity index (χ1v) is 11.8. The Hall–Kier alpha value is -4.23. The molecule has 166 valence electrons. The van der Waals surface area contributed by atoms with Gasteiger partial charge in [0.15, 0.2) is 0 Å². The molecular weight excluding hydrogens is 444 g/mol. The van der Waals surface area contributed by atoms with Crippen LogP contribution in [-0.2, 0) is 11.3 Å². The van der Waals surface area contributed by atoms with Crippen molar-refractivity contribution in [1.82, 2.24) is 14.3 Å². The monoisotopic (exact) mass is 464 g/mol. The van der Waals surface area contributed by atoms with Gasteiger partial charge in [-0.15, -0.1) is 0 Å². The van der Waals surface area contributed by atoms with Crippen LogP contribution in [0.4, 0.5) is 5.69 Å². The van der Waals surface area contributed by atoms with Gasteiger partial charge in [-0.2, -0.15) is 4.37 Å². The van der Waals surface area contributed by atoms with Gasteiger partial charge in [0.2, 0.25) is 0 Å². The number of anilines is 1. The summed E-state index contributed by atoms with van der Waals surface area (Å²) < 4.78 is 4.05. The first-order chi connectivity index (χ1) is 16.7. The number of hydrogen-bond acceptors (Lipinski definition) is 4. The van der Waals surface area contributed by atoms with E-state index in [4.69, 9.17) is 0 Å². The molecule has 3 aromatic carbocycles. The lowest BCUT2D eigenvalue weighted by molar-refractivity contribution is -0.120. The smallest absolute Gasteiger partial charge is 0.255 e. The number of carbonyl (C=O) groups is 2. The molecule has 6 rings (SSSR count). The third-order valence-corrected chi connectivity index (χ3v) is 6.79. The Bertz CT molecular complexity index is 1510. The molecule has 2 N–H and O–H groups in total. The number of aromatic nitrogens is 2. The quantitative estimate of drug-likeness (QED) is 0.354. The number of rotatable bonds is 5. The van der Waals surface area contributed by atoms with E-state index in [-0.39, 0.29) is 11.8 Å². The molecule has 1 atom stereocenters. The summed E-state index contributed by atoms with van der Waals surface area (Å²) >= 11 is 1.27. The van der Waals surface area contributed by atoms with Crippen LogP contribution < -0.4 is 5.32 Å². The van der Waals surface area contributed by atoms with E-state index in [2.05, 4.69) is 20.7 Å². The summed E-state index contributed by atoms with van der Waals surface area (Å²) in [5.41, 5.74) is 6.04. The van der Waals surface area contributed by atoms with E-state index >= 15 is 0 Å². The molecule has 0 bridgehead atoms. The molecule has 34 heavy (non-hydrogen) atoms. The van der Waals surface area contributed by atoms with E-state index in [0.717, 1.165) is 33.2 Å². The van der Waals surface area contributed by atoms with Crippen LogP contribution in [0.3, 0.4) is 0 Å². The number of hydrogen-bond donors (Lipinski definition) is 2. The maximum absolute atomic E-state index is 13.6. The van der Waals surface area contributed by atoms with Gasteiger partial charge in [0, 0.05) is 29.2 Å². The summed E-state index contributed by atoms with van der Waals surface area (Å²) in [6.45, 7) is 0.375. The molecule has 5 aromatic rings. The van der Waals surface area contributed by atoms with Gasteiger partial charge in [0.25, 0.3) is 11.8 Å². The zero-order valence-electron chi connectivity index (χ0n) is 18.1. The summed E-state index contributed by atoms with van der Waals surface area (Å²) in [5.74, 6) is -0.405. The first-order valence-electron chi connectivity index (χ1n) is 10.9. The highest BCUT2D eigenvalue weighted by atomic mass is 32.1. The average Bonchev–Trinajstić information content (AvgIpc) is 3.61. The van der Waals surface area contributed by atoms with E-state index in [9.17, 15) is 9.59 Å². The Morgan fingerprint density at radius 1 is 1.03 bits per heavy atom. The highest BCUT2D eigenvalue weighted by molar-refractivity contribution is 7.04. The molecule has 0 radical (unpaired) electrons. The molecule has 0 saturated carbocycles. The second-order valence-corrected chi connectivity index (χ2v) is 8.96. The van der Waals surface area contributed by atoms with Crippen molar-refractivity contribution in [3.63, 3.8) is 0 Å². The van der Waals surface area contributed by atoms with Gasteiger partial charge in [-0.25, -0.2) is 0 Å². The number of aromatic amines is 1. The molecule has 3 heterocycles. The molecule has 2 aromatic heterocycles. The number of fused-ring (bicyclic) bond motifs is 2. The van der Waals surface area contributed by atoms with Crippen LogP contribution in [0, 0.1) is 0 Å². The van der Waals surface area contributed by atoms with Crippen molar-refractivity contribution in [2.75, 3.05) is 5.32 Å². The highest BCUT2D eigenvalue weighted by Crippen LogP contribution is 2.35. The van der Waals surface area contributed by atoms with Crippen molar-refractivity contribution >= 4 is 39.9 Å². The molecule has 7 heteroatoms. The number of amides is 2. The normalized spacial score (nSPS) is 13.8. The van der Waals surface area contributed by atoms with Gasteiger partial charge in [-0.1, -0.05) is 48.5 Å². The van der Waals surface area contributed by atoms with Crippen molar-refractivity contribution in [3.05, 3.63) is 107 Å². The van der Waals surface area contributed by atoms with Gasteiger partial charge in [-0.3, -0.25) is 9.59 Å². The summed E-state index contributed by atoms with van der Waals surface area (Å²) in [6, 6.07) is 22.9. The van der Waals surface area contributed by atoms with E-state index < -0.39 is 6.04 Å². The van der Waals surface area contributed by atoms with E-state index in [0.29, 0.717) is 17.8 Å². The molecule has 1 unspecified atom stereocenters. The van der Waals surface area contributed by atoms with Gasteiger partial charge in [-0.05, 0) is 63.4 Å². The van der Waals surface area contributed by atoms with Crippen LogP contribution >= 0.6 is 11.5 Å². The number of H-pyrrole nitrogens is 1. The van der Waals surface area contributed by atoms with Gasteiger partial charge >= 0.3 is 0 Å². The second-order valence-electron chi connectivity index (χ2n) is 8.30. The van der Waals surface area contributed by atoms with Crippen LogP contribution in [0.25, 0.3) is 22.0 Å². The van der Waals surface area contributed by atoms with Gasteiger partial charge in [0.05, 0.1) is 11.9 Å². The molecular formula is C27H20N4O2S. The third kappa shape index (κ3) is 3.56. The number of nitrogens with zero attached hydrogens (tertiary/aromatic N) is 2. The minimum Gasteiger partial charge on any atom is -0.361 e. The van der Waals surface area contributed by atoms with Crippen LogP contribution in [0.5, 0.6) is 0 Å². The van der Waals surface area contributed by atoms with Crippen molar-refractivity contribution in [2.24, 2.45) is 0 Å². The fourth-order valence-corrected chi connectivity index (χ4v) is 5.00. The molecule has 2 amide bonds. The summed E-state index contributed by atoms with van der Waals surface area (Å²) in [4.78, 5) is 31.8. The van der Waals surface area contributed by atoms with Crippen molar-refractivity contribution in [3.8, 4) is 11.1 Å². The van der Waals surface area contributed by atoms with Crippen LogP contribution in [0.15, 0.2) is 90.6 Å². The SMILES string of the molecule is O=C(Nc1cnsc1)C(c1ccccc1)N1Cc2ccc(-c3ccc4[nH]ccc4c3)cc2C1=O. The largest absolute Gasteiger partial charge is 0.361 e. The maximum atomic E-state index is 13.6. The van der Waals surface area contributed by atoms with E-state index in [1.54, 1.807) is 16.5 Å². The van der Waals surface area contributed by atoms with Crippen molar-refractivity contribution < 1.29 is 9.59 Å². The average molecular weight is 465 g/mol. The van der Waals surface area contributed by atoms with Crippen LogP contribution in [0.2, 0.25) is 0 Å². The lowest BCUT2D eigenvalue weighted by atomic mass is 9.99. The van der Waals surface area contributed by atoms with Crippen LogP contribution in [-0.4, -0.2) is 26.1 Å². The van der Waals surface area contributed by atoms with Crippen LogP contribution in [0.1, 0.15) is 27.5 Å². The molecule has 0 aliphatic carbocycles. The number of carbonyl (C=O) groups excluding carboxylic acids is 2. The molecule has 0 spiro atoms. The van der Waals surface area contributed by atoms with Crippen molar-refractivity contribution in [2.45, 2.75) is 12.6 Å². The number of benzene rings is 3. The van der Waals surface area contributed by atoms with E-state index in [1.807, 2.05) is 72.9 Å². The fourth-order valence-electron chi connectivity index (χ4n) is 4.53. The zero-order chi connectivity index (χ0) is 23.1. The zero-order valence-corrected chi connectivity index (χ0v) is 18.9. The predicted molar refractivity (Wildman–Crippen MR) is 134 cm³/mol. The third-order valence-electron chi connectivity index (χ3n) is 6.20. The number of nitrogens with one attached hydrogen (secondary N) is 2. The Balaban J connectivity index is 1.35. The van der Waals surface area contributed by atoms with E-state index in [1.165, 1.54) is 11.5 Å². The second kappa shape index (κ2) is 8.28. The Morgan fingerprint density at radius 3 is 2.68 bits per heavy atom. The molecule has 6 nitrogen and oxygen atoms in total. The van der Waals surface area contributed by atoms with Crippen molar-refractivity contribution in [1.29, 1.82) is 0 Å². The fraction of sp³-hybridized carbons (Fsp3) is 0.0741. The summed E-state index contributed by atoms with van der Waals surface area (Å²) in [7, 11) is 0. The lowest BCUT2D eigenvalue weighted by Crippen LogP contribution is -2.37. The summed E-state index contributed by atoms with van der Waals surface area (Å²) in [6.07, 6.45) is 3.53. The predicted octanol–water partition coefficient (Wildman–Crippen LogP) is 5.63. The topological polar surface area (TPSA) is 78.1 Å². The Kier molecular flexibility index (Phi) is 4.96. The Labute approximate surface area is 200 Å². The van der Waals surface area contributed by atoms with Gasteiger partial charge < -0.3 is 15.2 Å². The molecule has 1 aliphatic heterocycles. The minimum absolute atomic E-state index is 0.146. The molecule has 1 aliphatic rings.